The highest BCUT2D eigenvalue weighted by Gasteiger charge is 2.29. The van der Waals surface area contributed by atoms with Crippen LogP contribution >= 0.6 is 23.2 Å². The van der Waals surface area contributed by atoms with Gasteiger partial charge in [0.15, 0.2) is 0 Å². The number of nitriles is 1. The van der Waals surface area contributed by atoms with Crippen LogP contribution in [0.5, 0.6) is 0 Å². The highest BCUT2D eigenvalue weighted by molar-refractivity contribution is 7.93. The van der Waals surface area contributed by atoms with Crippen molar-refractivity contribution in [2.45, 2.75) is 18.7 Å². The quantitative estimate of drug-likeness (QED) is 0.605. The summed E-state index contributed by atoms with van der Waals surface area (Å²) in [5, 5.41) is 8.83. The van der Waals surface area contributed by atoms with E-state index in [2.05, 4.69) is 0 Å². The lowest BCUT2D eigenvalue weighted by Crippen LogP contribution is -2.33. The molecule has 148 valence electrons. The molecule has 0 fully saturated rings. The van der Waals surface area contributed by atoms with Crippen LogP contribution in [-0.4, -0.2) is 38.9 Å². The second-order valence-electron chi connectivity index (χ2n) is 5.75. The van der Waals surface area contributed by atoms with E-state index >= 15 is 0 Å². The average Bonchev–Trinajstić information content (AvgIpc) is 2.66. The van der Waals surface area contributed by atoms with Gasteiger partial charge in [-0.3, -0.25) is 9.10 Å². The molecule has 0 spiro atoms. The Bertz CT molecular complexity index is 1010. The van der Waals surface area contributed by atoms with Crippen molar-refractivity contribution in [3.8, 4) is 6.07 Å². The van der Waals surface area contributed by atoms with Gasteiger partial charge in [0.1, 0.15) is 11.4 Å². The number of benzene rings is 2. The maximum Gasteiger partial charge on any atom is 0.265 e. The van der Waals surface area contributed by atoms with E-state index in [9.17, 15) is 13.2 Å². The standard InChI is InChI=1S/C19H19Cl2N3O3S/c1-3-23(11-10-22)19(25)15-12-18(17(21)13-16(15)20)28(26,27)24(4-2)14-8-6-5-7-9-14/h5-9,12-13H,3-4,11H2,1-2H3. The third-order valence-corrected chi connectivity index (χ3v) is 6.76. The Kier molecular flexibility index (Phi) is 7.30. The van der Waals surface area contributed by atoms with Gasteiger partial charge in [-0.15, -0.1) is 0 Å². The number of carbonyl (C=O) groups excluding carboxylic acids is 1. The van der Waals surface area contributed by atoms with Gasteiger partial charge in [0.05, 0.1) is 27.4 Å². The number of nitrogens with zero attached hydrogens (tertiary/aromatic N) is 3. The molecule has 28 heavy (non-hydrogen) atoms. The molecule has 0 aliphatic carbocycles. The van der Waals surface area contributed by atoms with E-state index in [1.54, 1.807) is 44.2 Å². The van der Waals surface area contributed by atoms with Crippen LogP contribution in [0.3, 0.4) is 0 Å². The molecule has 0 unspecified atom stereocenters. The number of para-hydroxylation sites is 1. The zero-order valence-electron chi connectivity index (χ0n) is 15.4. The smallest absolute Gasteiger partial charge is 0.265 e. The third kappa shape index (κ3) is 4.41. The summed E-state index contributed by atoms with van der Waals surface area (Å²) in [4.78, 5) is 13.8. The first-order valence-electron chi connectivity index (χ1n) is 8.50. The van der Waals surface area contributed by atoms with Gasteiger partial charge in [0.2, 0.25) is 0 Å². The zero-order valence-corrected chi connectivity index (χ0v) is 17.7. The summed E-state index contributed by atoms with van der Waals surface area (Å²) in [7, 11) is -4.05. The summed E-state index contributed by atoms with van der Waals surface area (Å²) in [6.07, 6.45) is 0. The molecule has 0 atom stereocenters. The van der Waals surface area contributed by atoms with Crippen molar-refractivity contribution in [1.29, 1.82) is 5.26 Å². The zero-order chi connectivity index (χ0) is 20.9. The number of hydrogen-bond donors (Lipinski definition) is 0. The second kappa shape index (κ2) is 9.28. The molecule has 0 bridgehead atoms. The van der Waals surface area contributed by atoms with Gasteiger partial charge in [-0.05, 0) is 38.1 Å². The van der Waals surface area contributed by atoms with Crippen molar-refractivity contribution in [3.05, 3.63) is 58.1 Å². The topological polar surface area (TPSA) is 81.5 Å². The minimum Gasteiger partial charge on any atom is -0.326 e. The van der Waals surface area contributed by atoms with Gasteiger partial charge in [-0.2, -0.15) is 5.26 Å². The molecule has 0 aliphatic heterocycles. The van der Waals surface area contributed by atoms with E-state index in [0.29, 0.717) is 5.69 Å². The molecule has 0 heterocycles. The summed E-state index contributed by atoms with van der Waals surface area (Å²) >= 11 is 12.3. The van der Waals surface area contributed by atoms with Crippen LogP contribution in [0, 0.1) is 11.3 Å². The number of hydrogen-bond acceptors (Lipinski definition) is 4. The van der Waals surface area contributed by atoms with Gasteiger partial charge < -0.3 is 4.90 Å². The van der Waals surface area contributed by atoms with Crippen molar-refractivity contribution in [1.82, 2.24) is 4.90 Å². The molecule has 2 aromatic carbocycles. The van der Waals surface area contributed by atoms with Crippen LogP contribution in [0.25, 0.3) is 0 Å². The van der Waals surface area contributed by atoms with E-state index in [1.807, 2.05) is 6.07 Å². The number of sulfonamides is 1. The minimum absolute atomic E-state index is 0.0214. The summed E-state index contributed by atoms with van der Waals surface area (Å²) < 4.78 is 27.7. The van der Waals surface area contributed by atoms with Crippen LogP contribution in [-0.2, 0) is 10.0 Å². The van der Waals surface area contributed by atoms with Gasteiger partial charge in [-0.1, -0.05) is 41.4 Å². The predicted molar refractivity (Wildman–Crippen MR) is 110 cm³/mol. The molecule has 2 rings (SSSR count). The second-order valence-corrected chi connectivity index (χ2v) is 8.39. The highest BCUT2D eigenvalue weighted by atomic mass is 35.5. The molecule has 0 aliphatic rings. The molecular weight excluding hydrogens is 421 g/mol. The lowest BCUT2D eigenvalue weighted by molar-refractivity contribution is 0.0784. The first-order valence-corrected chi connectivity index (χ1v) is 10.7. The van der Waals surface area contributed by atoms with Crippen LogP contribution in [0.4, 0.5) is 5.69 Å². The van der Waals surface area contributed by atoms with Gasteiger partial charge >= 0.3 is 0 Å². The Morgan fingerprint density at radius 3 is 2.25 bits per heavy atom. The fourth-order valence-electron chi connectivity index (χ4n) is 2.68. The number of amides is 1. The van der Waals surface area contributed by atoms with Crippen molar-refractivity contribution >= 4 is 44.8 Å². The third-order valence-electron chi connectivity index (χ3n) is 4.08. The van der Waals surface area contributed by atoms with Crippen LogP contribution in [0.1, 0.15) is 24.2 Å². The molecule has 1 amide bonds. The van der Waals surface area contributed by atoms with E-state index < -0.39 is 15.9 Å². The van der Waals surface area contributed by atoms with Crippen LogP contribution in [0.2, 0.25) is 10.0 Å². The summed E-state index contributed by atoms with van der Waals surface area (Å²) in [5.74, 6) is -0.537. The number of halogens is 2. The van der Waals surface area contributed by atoms with E-state index in [-0.39, 0.29) is 40.1 Å². The van der Waals surface area contributed by atoms with Crippen molar-refractivity contribution < 1.29 is 13.2 Å². The first-order chi connectivity index (χ1) is 13.3. The van der Waals surface area contributed by atoms with Crippen molar-refractivity contribution in [3.63, 3.8) is 0 Å². The fraction of sp³-hybridized carbons (Fsp3) is 0.263. The summed E-state index contributed by atoms with van der Waals surface area (Å²) in [6.45, 7) is 3.72. The lowest BCUT2D eigenvalue weighted by atomic mass is 10.2. The summed E-state index contributed by atoms with van der Waals surface area (Å²) in [6, 6.07) is 12.9. The number of carbonyl (C=O) groups is 1. The molecule has 0 aromatic heterocycles. The largest absolute Gasteiger partial charge is 0.326 e. The molecule has 0 saturated heterocycles. The van der Waals surface area contributed by atoms with Crippen molar-refractivity contribution in [2.75, 3.05) is 23.9 Å². The summed E-state index contributed by atoms with van der Waals surface area (Å²) in [5.41, 5.74) is 0.453. The Balaban J connectivity index is 2.59. The Hall–Kier alpha value is -2.27. The Morgan fingerprint density at radius 1 is 1.07 bits per heavy atom. The maximum atomic E-state index is 13.3. The molecular formula is C19H19Cl2N3O3S. The van der Waals surface area contributed by atoms with E-state index in [0.717, 1.165) is 0 Å². The van der Waals surface area contributed by atoms with Crippen LogP contribution in [0.15, 0.2) is 47.4 Å². The van der Waals surface area contributed by atoms with E-state index in [1.165, 1.54) is 21.3 Å². The maximum absolute atomic E-state index is 13.3. The molecule has 0 N–H and O–H groups in total. The van der Waals surface area contributed by atoms with Gasteiger partial charge in [-0.25, -0.2) is 8.42 Å². The lowest BCUT2D eigenvalue weighted by Gasteiger charge is -2.24. The molecule has 0 saturated carbocycles. The Labute approximate surface area is 174 Å². The molecule has 0 radical (unpaired) electrons. The van der Waals surface area contributed by atoms with Gasteiger partial charge in [0, 0.05) is 13.1 Å². The first kappa shape index (κ1) is 22.0. The minimum atomic E-state index is -4.05. The van der Waals surface area contributed by atoms with E-state index in [4.69, 9.17) is 28.5 Å². The average molecular weight is 440 g/mol. The molecule has 6 nitrogen and oxygen atoms in total. The number of anilines is 1. The SMILES string of the molecule is CCN(CC#N)C(=O)c1cc(S(=O)(=O)N(CC)c2ccccc2)c(Cl)cc1Cl. The van der Waals surface area contributed by atoms with Crippen molar-refractivity contribution in [2.24, 2.45) is 0 Å². The van der Waals surface area contributed by atoms with Crippen LogP contribution < -0.4 is 4.31 Å². The fourth-order valence-corrected chi connectivity index (χ4v) is 4.98. The molecule has 2 aromatic rings. The predicted octanol–water partition coefficient (Wildman–Crippen LogP) is 4.19. The highest BCUT2D eigenvalue weighted by Crippen LogP contribution is 2.33. The molecule has 9 heteroatoms. The van der Waals surface area contributed by atoms with Gasteiger partial charge in [0.25, 0.3) is 15.9 Å². The number of rotatable bonds is 7. The Morgan fingerprint density at radius 2 is 1.71 bits per heavy atom. The monoisotopic (exact) mass is 439 g/mol. The normalized spacial score (nSPS) is 11.0.